The van der Waals surface area contributed by atoms with Gasteiger partial charge in [-0.05, 0) is 33.2 Å². The van der Waals surface area contributed by atoms with Gasteiger partial charge in [0.05, 0.1) is 5.92 Å². The fourth-order valence-corrected chi connectivity index (χ4v) is 1.88. The van der Waals surface area contributed by atoms with Gasteiger partial charge in [0.25, 0.3) is 0 Å². The molecule has 1 unspecified atom stereocenters. The van der Waals surface area contributed by atoms with Crippen molar-refractivity contribution in [2.75, 3.05) is 19.6 Å². The van der Waals surface area contributed by atoms with E-state index in [1.165, 1.54) is 5.57 Å². The minimum Gasteiger partial charge on any atom is -0.369 e. The van der Waals surface area contributed by atoms with Gasteiger partial charge in [-0.15, -0.1) is 0 Å². The van der Waals surface area contributed by atoms with Crippen LogP contribution in [0.5, 0.6) is 0 Å². The molecule has 80 valence electrons. The first-order valence-electron chi connectivity index (χ1n) is 5.27. The number of primary amides is 1. The van der Waals surface area contributed by atoms with Crippen LogP contribution in [-0.4, -0.2) is 30.4 Å². The lowest BCUT2D eigenvalue weighted by molar-refractivity contribution is -0.123. The molecule has 3 nitrogen and oxygen atoms in total. The summed E-state index contributed by atoms with van der Waals surface area (Å²) < 4.78 is 0. The molecular weight excluding hydrogens is 176 g/mol. The smallest absolute Gasteiger partial charge is 0.221 e. The fraction of sp³-hybridized carbons (Fsp3) is 0.727. The van der Waals surface area contributed by atoms with Crippen molar-refractivity contribution in [3.8, 4) is 0 Å². The van der Waals surface area contributed by atoms with Gasteiger partial charge in [0.1, 0.15) is 0 Å². The summed E-state index contributed by atoms with van der Waals surface area (Å²) in [5, 5.41) is 0. The van der Waals surface area contributed by atoms with Crippen LogP contribution in [0.15, 0.2) is 11.6 Å². The van der Waals surface area contributed by atoms with Crippen molar-refractivity contribution < 1.29 is 4.79 Å². The van der Waals surface area contributed by atoms with Crippen LogP contribution < -0.4 is 5.73 Å². The van der Waals surface area contributed by atoms with Gasteiger partial charge in [-0.25, -0.2) is 0 Å². The topological polar surface area (TPSA) is 46.3 Å². The average molecular weight is 196 g/mol. The van der Waals surface area contributed by atoms with Crippen molar-refractivity contribution in [3.05, 3.63) is 11.6 Å². The minimum absolute atomic E-state index is 0.0633. The van der Waals surface area contributed by atoms with E-state index in [2.05, 4.69) is 17.9 Å². The van der Waals surface area contributed by atoms with Crippen LogP contribution >= 0.6 is 0 Å². The Morgan fingerprint density at radius 2 is 2.36 bits per heavy atom. The Hall–Kier alpha value is -0.830. The van der Waals surface area contributed by atoms with E-state index in [1.807, 2.05) is 6.92 Å². The van der Waals surface area contributed by atoms with E-state index in [4.69, 9.17) is 5.73 Å². The third-order valence-electron chi connectivity index (χ3n) is 2.87. The molecule has 0 aliphatic carbocycles. The maximum Gasteiger partial charge on any atom is 0.221 e. The third kappa shape index (κ3) is 3.14. The summed E-state index contributed by atoms with van der Waals surface area (Å²) >= 11 is 0. The predicted molar refractivity (Wildman–Crippen MR) is 57.8 cm³/mol. The third-order valence-corrected chi connectivity index (χ3v) is 2.87. The number of likely N-dealkylation sites (tertiary alicyclic amines) is 1. The first-order valence-corrected chi connectivity index (χ1v) is 5.27. The van der Waals surface area contributed by atoms with Crippen LogP contribution in [0, 0.1) is 5.92 Å². The zero-order valence-corrected chi connectivity index (χ0v) is 9.12. The molecule has 1 amide bonds. The Balaban J connectivity index is 2.44. The highest BCUT2D eigenvalue weighted by atomic mass is 16.1. The minimum atomic E-state index is -0.146. The van der Waals surface area contributed by atoms with E-state index in [9.17, 15) is 4.79 Å². The molecule has 1 aliphatic rings. The largest absolute Gasteiger partial charge is 0.369 e. The van der Waals surface area contributed by atoms with Crippen LogP contribution in [0.2, 0.25) is 0 Å². The molecule has 14 heavy (non-hydrogen) atoms. The number of nitrogens with zero attached hydrogens (tertiary/aromatic N) is 1. The Morgan fingerprint density at radius 1 is 1.64 bits per heavy atom. The zero-order chi connectivity index (χ0) is 10.6. The SMILES string of the molecule is CC=C(C)CN1CCCC(C(N)=O)C1. The second-order valence-electron chi connectivity index (χ2n) is 4.11. The molecule has 3 heteroatoms. The highest BCUT2D eigenvalue weighted by Gasteiger charge is 2.23. The second kappa shape index (κ2) is 5.15. The van der Waals surface area contributed by atoms with Gasteiger partial charge in [0.2, 0.25) is 5.91 Å². The molecule has 0 bridgehead atoms. The number of hydrogen-bond acceptors (Lipinski definition) is 2. The monoisotopic (exact) mass is 196 g/mol. The molecule has 0 aromatic heterocycles. The molecular formula is C11H20N2O. The molecule has 2 N–H and O–H groups in total. The fourth-order valence-electron chi connectivity index (χ4n) is 1.88. The lowest BCUT2D eigenvalue weighted by atomic mass is 9.97. The van der Waals surface area contributed by atoms with Crippen LogP contribution in [0.4, 0.5) is 0 Å². The number of carbonyl (C=O) groups is 1. The van der Waals surface area contributed by atoms with Crippen LogP contribution in [0.25, 0.3) is 0 Å². The summed E-state index contributed by atoms with van der Waals surface area (Å²) in [6.45, 7) is 7.06. The van der Waals surface area contributed by atoms with E-state index < -0.39 is 0 Å². The van der Waals surface area contributed by atoms with E-state index in [-0.39, 0.29) is 11.8 Å². The first kappa shape index (κ1) is 11.2. The maximum atomic E-state index is 11.0. The van der Waals surface area contributed by atoms with Gasteiger partial charge in [0, 0.05) is 13.1 Å². The Morgan fingerprint density at radius 3 is 2.93 bits per heavy atom. The molecule has 1 fully saturated rings. The summed E-state index contributed by atoms with van der Waals surface area (Å²) in [5.41, 5.74) is 6.67. The highest BCUT2D eigenvalue weighted by molar-refractivity contribution is 5.76. The molecule has 0 spiro atoms. The number of allylic oxidation sites excluding steroid dienone is 1. The summed E-state index contributed by atoms with van der Waals surface area (Å²) in [6, 6.07) is 0. The molecule has 1 aliphatic heterocycles. The first-order chi connectivity index (χ1) is 6.63. The molecule has 0 aromatic rings. The van der Waals surface area contributed by atoms with Crippen LogP contribution in [0.1, 0.15) is 26.7 Å². The van der Waals surface area contributed by atoms with Crippen molar-refractivity contribution in [1.29, 1.82) is 0 Å². The second-order valence-corrected chi connectivity index (χ2v) is 4.11. The quantitative estimate of drug-likeness (QED) is 0.688. The number of carbonyl (C=O) groups excluding carboxylic acids is 1. The van der Waals surface area contributed by atoms with Crippen molar-refractivity contribution in [1.82, 2.24) is 4.90 Å². The molecule has 0 saturated carbocycles. The maximum absolute atomic E-state index is 11.0. The van der Waals surface area contributed by atoms with Gasteiger partial charge < -0.3 is 5.73 Å². The van der Waals surface area contributed by atoms with E-state index in [0.717, 1.165) is 32.5 Å². The van der Waals surface area contributed by atoms with Crippen molar-refractivity contribution in [3.63, 3.8) is 0 Å². The molecule has 1 saturated heterocycles. The van der Waals surface area contributed by atoms with Gasteiger partial charge >= 0.3 is 0 Å². The van der Waals surface area contributed by atoms with Crippen LogP contribution in [0.3, 0.4) is 0 Å². The zero-order valence-electron chi connectivity index (χ0n) is 9.12. The summed E-state index contributed by atoms with van der Waals surface area (Å²) in [7, 11) is 0. The van der Waals surface area contributed by atoms with E-state index >= 15 is 0 Å². The Kier molecular flexibility index (Phi) is 4.14. The van der Waals surface area contributed by atoms with Crippen molar-refractivity contribution in [2.24, 2.45) is 11.7 Å². The molecule has 1 rings (SSSR count). The van der Waals surface area contributed by atoms with Crippen molar-refractivity contribution in [2.45, 2.75) is 26.7 Å². The summed E-state index contributed by atoms with van der Waals surface area (Å²) in [6.07, 6.45) is 4.17. The van der Waals surface area contributed by atoms with Gasteiger partial charge in [0.15, 0.2) is 0 Å². The highest BCUT2D eigenvalue weighted by Crippen LogP contribution is 2.16. The Bertz CT molecular complexity index is 235. The lowest BCUT2D eigenvalue weighted by Crippen LogP contribution is -2.41. The molecule has 0 radical (unpaired) electrons. The average Bonchev–Trinajstić information content (AvgIpc) is 2.18. The predicted octanol–water partition coefficient (Wildman–Crippen LogP) is 1.15. The Labute approximate surface area is 86.0 Å². The number of hydrogen-bond donors (Lipinski definition) is 1. The van der Waals surface area contributed by atoms with Crippen molar-refractivity contribution >= 4 is 5.91 Å². The van der Waals surface area contributed by atoms with E-state index in [1.54, 1.807) is 0 Å². The summed E-state index contributed by atoms with van der Waals surface area (Å²) in [5.74, 6) is -0.0822. The van der Waals surface area contributed by atoms with Crippen LogP contribution in [-0.2, 0) is 4.79 Å². The normalized spacial score (nSPS) is 25.0. The number of piperidine rings is 1. The number of nitrogens with two attached hydrogens (primary N) is 1. The molecule has 0 aromatic carbocycles. The van der Waals surface area contributed by atoms with Gasteiger partial charge in [-0.3, -0.25) is 9.69 Å². The van der Waals surface area contributed by atoms with E-state index in [0.29, 0.717) is 0 Å². The number of amides is 1. The molecule has 1 heterocycles. The number of rotatable bonds is 3. The standard InChI is InChI=1S/C11H20N2O/c1-3-9(2)7-13-6-4-5-10(8-13)11(12)14/h3,10H,4-8H2,1-2H3,(H2,12,14). The summed E-state index contributed by atoms with van der Waals surface area (Å²) in [4.78, 5) is 13.3. The van der Waals surface area contributed by atoms with Gasteiger partial charge in [-0.2, -0.15) is 0 Å². The van der Waals surface area contributed by atoms with Gasteiger partial charge in [-0.1, -0.05) is 11.6 Å². The lowest BCUT2D eigenvalue weighted by Gasteiger charge is -2.31. The molecule has 1 atom stereocenters.